The van der Waals surface area contributed by atoms with Crippen LogP contribution in [0.2, 0.25) is 0 Å². The van der Waals surface area contributed by atoms with Crippen LogP contribution in [0.5, 0.6) is 0 Å². The van der Waals surface area contributed by atoms with Gasteiger partial charge in [-0.2, -0.15) is 0 Å². The largest absolute Gasteiger partial charge is 0.452 e. The lowest BCUT2D eigenvalue weighted by Gasteiger charge is -2.22. The van der Waals surface area contributed by atoms with E-state index in [9.17, 15) is 18.8 Å². The zero-order chi connectivity index (χ0) is 19.1. The van der Waals surface area contributed by atoms with E-state index < -0.39 is 30.2 Å². The second-order valence-electron chi connectivity index (χ2n) is 5.32. The van der Waals surface area contributed by atoms with Crippen LogP contribution in [0.15, 0.2) is 53.0 Å². The Balaban J connectivity index is 2.05. The molecule has 0 aliphatic rings. The maximum atomic E-state index is 13.1. The number of nitrogens with two attached hydrogens (primary N) is 1. The number of ether oxygens (including phenoxy) is 1. The van der Waals surface area contributed by atoms with Crippen molar-refractivity contribution in [2.75, 3.05) is 18.1 Å². The van der Waals surface area contributed by atoms with Crippen LogP contribution in [0.25, 0.3) is 0 Å². The summed E-state index contributed by atoms with van der Waals surface area (Å²) in [6, 6.07) is 11.6. The lowest BCUT2D eigenvalue weighted by molar-refractivity contribution is -0.121. The summed E-state index contributed by atoms with van der Waals surface area (Å²) in [6.45, 7) is -0.527. The summed E-state index contributed by atoms with van der Waals surface area (Å²) in [5.74, 6) is -2.25. The Morgan fingerprint density at radius 1 is 1.04 bits per heavy atom. The molecule has 0 saturated heterocycles. The van der Waals surface area contributed by atoms with Crippen molar-refractivity contribution in [3.05, 3.63) is 64.4 Å². The summed E-state index contributed by atoms with van der Waals surface area (Å²) in [5, 5.41) is 0. The molecule has 0 fully saturated rings. The summed E-state index contributed by atoms with van der Waals surface area (Å²) in [7, 11) is 0. The Hall–Kier alpha value is -2.74. The quantitative estimate of drug-likeness (QED) is 0.694. The third-order valence-corrected chi connectivity index (χ3v) is 3.96. The maximum absolute atomic E-state index is 13.1. The van der Waals surface area contributed by atoms with Gasteiger partial charge in [0, 0.05) is 23.1 Å². The molecule has 0 aliphatic carbocycles. The first kappa shape index (κ1) is 19.6. The standard InChI is InChI=1S/C18H16BrFN2O4/c19-13-3-1-12(2-4-13)18(25)26-11-17(24)22(10-9-16(21)23)15-7-5-14(20)6-8-15/h1-8H,9-11H2,(H2,21,23). The highest BCUT2D eigenvalue weighted by Crippen LogP contribution is 2.16. The van der Waals surface area contributed by atoms with Crippen LogP contribution < -0.4 is 10.6 Å². The fourth-order valence-corrected chi connectivity index (χ4v) is 2.38. The van der Waals surface area contributed by atoms with Crippen molar-refractivity contribution in [1.29, 1.82) is 0 Å². The summed E-state index contributed by atoms with van der Waals surface area (Å²) in [5.41, 5.74) is 5.80. The summed E-state index contributed by atoms with van der Waals surface area (Å²) in [6.07, 6.45) is -0.0796. The van der Waals surface area contributed by atoms with Crippen LogP contribution in [-0.4, -0.2) is 30.9 Å². The molecule has 0 aromatic heterocycles. The smallest absolute Gasteiger partial charge is 0.338 e. The molecule has 8 heteroatoms. The molecule has 0 heterocycles. The zero-order valence-corrected chi connectivity index (χ0v) is 15.2. The normalized spacial score (nSPS) is 10.2. The first-order valence-corrected chi connectivity index (χ1v) is 8.43. The van der Waals surface area contributed by atoms with Crippen molar-refractivity contribution in [3.8, 4) is 0 Å². The molecule has 136 valence electrons. The van der Waals surface area contributed by atoms with Gasteiger partial charge in [-0.3, -0.25) is 9.59 Å². The van der Waals surface area contributed by atoms with E-state index in [0.29, 0.717) is 11.3 Å². The van der Waals surface area contributed by atoms with E-state index in [2.05, 4.69) is 15.9 Å². The summed E-state index contributed by atoms with van der Waals surface area (Å²) >= 11 is 3.26. The van der Waals surface area contributed by atoms with Gasteiger partial charge in [0.05, 0.1) is 5.56 Å². The molecule has 2 rings (SSSR count). The minimum Gasteiger partial charge on any atom is -0.452 e. The number of carbonyl (C=O) groups is 3. The minimum atomic E-state index is -0.653. The topological polar surface area (TPSA) is 89.7 Å². The third-order valence-electron chi connectivity index (χ3n) is 3.43. The van der Waals surface area contributed by atoms with Crippen molar-refractivity contribution < 1.29 is 23.5 Å². The monoisotopic (exact) mass is 422 g/mol. The van der Waals surface area contributed by atoms with Gasteiger partial charge in [0.2, 0.25) is 5.91 Å². The molecule has 2 aromatic rings. The number of hydrogen-bond donors (Lipinski definition) is 1. The molecule has 0 saturated carbocycles. The van der Waals surface area contributed by atoms with E-state index in [1.54, 1.807) is 24.3 Å². The number of hydrogen-bond acceptors (Lipinski definition) is 4. The van der Waals surface area contributed by atoms with Crippen LogP contribution in [0.4, 0.5) is 10.1 Å². The highest BCUT2D eigenvalue weighted by molar-refractivity contribution is 9.10. The highest BCUT2D eigenvalue weighted by Gasteiger charge is 2.19. The SMILES string of the molecule is NC(=O)CCN(C(=O)COC(=O)c1ccc(Br)cc1)c1ccc(F)cc1. The number of halogens is 2. The molecular formula is C18H16BrFN2O4. The number of rotatable bonds is 7. The molecule has 2 amide bonds. The molecule has 2 N–H and O–H groups in total. The van der Waals surface area contributed by atoms with Gasteiger partial charge in [0.15, 0.2) is 6.61 Å². The second kappa shape index (κ2) is 9.10. The molecule has 0 aliphatic heterocycles. The minimum absolute atomic E-state index is 0.00433. The van der Waals surface area contributed by atoms with Gasteiger partial charge in [-0.15, -0.1) is 0 Å². The van der Waals surface area contributed by atoms with E-state index in [-0.39, 0.29) is 13.0 Å². The van der Waals surface area contributed by atoms with Gasteiger partial charge in [-0.1, -0.05) is 15.9 Å². The number of primary amides is 1. The lowest BCUT2D eigenvalue weighted by Crippen LogP contribution is -2.37. The predicted molar refractivity (Wildman–Crippen MR) is 97.0 cm³/mol. The van der Waals surface area contributed by atoms with E-state index in [4.69, 9.17) is 10.5 Å². The van der Waals surface area contributed by atoms with Crippen molar-refractivity contribution >= 4 is 39.4 Å². The van der Waals surface area contributed by atoms with Gasteiger partial charge in [-0.05, 0) is 48.5 Å². The Morgan fingerprint density at radius 2 is 1.65 bits per heavy atom. The molecule has 26 heavy (non-hydrogen) atoms. The van der Waals surface area contributed by atoms with Crippen molar-refractivity contribution in [3.63, 3.8) is 0 Å². The van der Waals surface area contributed by atoms with Crippen LogP contribution >= 0.6 is 15.9 Å². The summed E-state index contributed by atoms with van der Waals surface area (Å²) in [4.78, 5) is 36.7. The molecule has 0 bridgehead atoms. The Morgan fingerprint density at radius 3 is 2.23 bits per heavy atom. The van der Waals surface area contributed by atoms with Gasteiger partial charge >= 0.3 is 5.97 Å². The van der Waals surface area contributed by atoms with Gasteiger partial charge in [0.1, 0.15) is 5.82 Å². The third kappa shape index (κ3) is 5.66. The van der Waals surface area contributed by atoms with Crippen molar-refractivity contribution in [2.45, 2.75) is 6.42 Å². The highest BCUT2D eigenvalue weighted by atomic mass is 79.9. The number of nitrogens with zero attached hydrogens (tertiary/aromatic N) is 1. The Bertz CT molecular complexity index is 794. The fourth-order valence-electron chi connectivity index (χ4n) is 2.12. The lowest BCUT2D eigenvalue weighted by atomic mass is 10.2. The van der Waals surface area contributed by atoms with Gasteiger partial charge in [-0.25, -0.2) is 9.18 Å². The summed E-state index contributed by atoms with van der Waals surface area (Å²) < 4.78 is 18.9. The number of amides is 2. The molecule has 0 radical (unpaired) electrons. The van der Waals surface area contributed by atoms with E-state index in [1.165, 1.54) is 29.2 Å². The van der Waals surface area contributed by atoms with Gasteiger partial charge < -0.3 is 15.4 Å². The molecule has 0 spiro atoms. The average Bonchev–Trinajstić information content (AvgIpc) is 2.61. The van der Waals surface area contributed by atoms with E-state index >= 15 is 0 Å². The van der Waals surface area contributed by atoms with Crippen molar-refractivity contribution in [1.82, 2.24) is 0 Å². The number of anilines is 1. The van der Waals surface area contributed by atoms with Crippen molar-refractivity contribution in [2.24, 2.45) is 5.73 Å². The first-order chi connectivity index (χ1) is 12.4. The van der Waals surface area contributed by atoms with E-state index in [0.717, 1.165) is 4.47 Å². The molecular weight excluding hydrogens is 407 g/mol. The Kier molecular flexibility index (Phi) is 6.85. The zero-order valence-electron chi connectivity index (χ0n) is 13.7. The van der Waals surface area contributed by atoms with Crippen LogP contribution in [0.1, 0.15) is 16.8 Å². The number of benzene rings is 2. The van der Waals surface area contributed by atoms with Crippen LogP contribution in [0, 0.1) is 5.82 Å². The Labute approximate surface area is 157 Å². The maximum Gasteiger partial charge on any atom is 0.338 e. The number of carbonyl (C=O) groups excluding carboxylic acids is 3. The molecule has 2 aromatic carbocycles. The fraction of sp³-hybridized carbons (Fsp3) is 0.167. The predicted octanol–water partition coefficient (Wildman–Crippen LogP) is 2.65. The second-order valence-corrected chi connectivity index (χ2v) is 6.24. The molecule has 0 unspecified atom stereocenters. The number of esters is 1. The van der Waals surface area contributed by atoms with Gasteiger partial charge in [0.25, 0.3) is 5.91 Å². The van der Waals surface area contributed by atoms with Crippen LogP contribution in [0.3, 0.4) is 0 Å². The average molecular weight is 423 g/mol. The molecule has 0 atom stereocenters. The molecule has 6 nitrogen and oxygen atoms in total. The van der Waals surface area contributed by atoms with E-state index in [1.807, 2.05) is 0 Å². The first-order valence-electron chi connectivity index (χ1n) is 7.64. The van der Waals surface area contributed by atoms with Crippen LogP contribution in [-0.2, 0) is 14.3 Å².